The van der Waals surface area contributed by atoms with Crippen LogP contribution in [0.3, 0.4) is 0 Å². The molecule has 26 heavy (non-hydrogen) atoms. The second kappa shape index (κ2) is 6.34. The minimum absolute atomic E-state index is 0.486. The highest BCUT2D eigenvalue weighted by atomic mass is 15.3. The molecule has 4 rings (SSSR count). The molecule has 0 spiro atoms. The highest BCUT2D eigenvalue weighted by molar-refractivity contribution is 5.91. The summed E-state index contributed by atoms with van der Waals surface area (Å²) in [4.78, 5) is 7.75. The average Bonchev–Trinajstić information content (AvgIpc) is 3.22. The van der Waals surface area contributed by atoms with Crippen molar-refractivity contribution in [3.05, 3.63) is 77.4 Å². The first-order valence-electron chi connectivity index (χ1n) is 8.36. The van der Waals surface area contributed by atoms with Crippen molar-refractivity contribution in [3.63, 3.8) is 0 Å². The van der Waals surface area contributed by atoms with E-state index in [0.29, 0.717) is 11.4 Å². The van der Waals surface area contributed by atoms with Crippen LogP contribution in [0.15, 0.2) is 54.6 Å². The summed E-state index contributed by atoms with van der Waals surface area (Å²) in [5, 5.41) is 14.3. The summed E-state index contributed by atoms with van der Waals surface area (Å²) >= 11 is 0. The van der Waals surface area contributed by atoms with E-state index < -0.39 is 0 Å². The smallest absolute Gasteiger partial charge is 0.149 e. The molecule has 5 heteroatoms. The maximum absolute atomic E-state index is 9.67. The van der Waals surface area contributed by atoms with Gasteiger partial charge in [-0.2, -0.15) is 10.4 Å². The Morgan fingerprint density at radius 2 is 1.81 bits per heavy atom. The summed E-state index contributed by atoms with van der Waals surface area (Å²) in [6.07, 6.45) is 1.86. The van der Waals surface area contributed by atoms with Crippen LogP contribution in [-0.4, -0.2) is 19.7 Å². The third kappa shape index (κ3) is 2.68. The predicted octanol–water partition coefficient (Wildman–Crippen LogP) is 4.43. The normalized spacial score (nSPS) is 11.7. The summed E-state index contributed by atoms with van der Waals surface area (Å²) in [7, 11) is 0. The number of rotatable bonds is 3. The molecule has 0 atom stereocenters. The molecule has 0 saturated heterocycles. The summed E-state index contributed by atoms with van der Waals surface area (Å²) in [6, 6.07) is 20.0. The van der Waals surface area contributed by atoms with Crippen LogP contribution >= 0.6 is 0 Å². The van der Waals surface area contributed by atoms with Crippen LogP contribution in [0.25, 0.3) is 28.4 Å². The van der Waals surface area contributed by atoms with E-state index in [1.54, 1.807) is 0 Å². The van der Waals surface area contributed by atoms with E-state index >= 15 is 0 Å². The number of nitrogens with one attached hydrogen (secondary N) is 1. The molecule has 0 fully saturated rings. The van der Waals surface area contributed by atoms with Crippen molar-refractivity contribution in [2.45, 2.75) is 13.8 Å². The molecule has 0 aliphatic rings. The molecular weight excluding hydrogens is 322 g/mol. The Morgan fingerprint density at radius 3 is 2.54 bits per heavy atom. The summed E-state index contributed by atoms with van der Waals surface area (Å²) < 4.78 is 1.90. The third-order valence-electron chi connectivity index (χ3n) is 4.40. The number of aryl methyl sites for hydroxylation is 1. The maximum Gasteiger partial charge on any atom is 0.149 e. The Kier molecular flexibility index (Phi) is 3.86. The first kappa shape index (κ1) is 15.9. The number of allylic oxidation sites excluding steroid dienone is 1. The van der Waals surface area contributed by atoms with Gasteiger partial charge in [-0.3, -0.25) is 0 Å². The number of aromatic nitrogens is 4. The van der Waals surface area contributed by atoms with Crippen LogP contribution in [0.5, 0.6) is 0 Å². The van der Waals surface area contributed by atoms with Crippen LogP contribution in [0.4, 0.5) is 0 Å². The minimum atomic E-state index is 0.486. The average molecular weight is 339 g/mol. The number of nitriles is 1. The van der Waals surface area contributed by atoms with Crippen molar-refractivity contribution >= 4 is 22.7 Å². The van der Waals surface area contributed by atoms with E-state index in [1.807, 2.05) is 79.2 Å². The zero-order valence-electron chi connectivity index (χ0n) is 14.6. The van der Waals surface area contributed by atoms with Gasteiger partial charge in [-0.25, -0.2) is 9.67 Å². The molecule has 0 saturated carbocycles. The van der Waals surface area contributed by atoms with E-state index in [9.17, 15) is 5.26 Å². The van der Waals surface area contributed by atoms with Gasteiger partial charge in [0.1, 0.15) is 11.9 Å². The predicted molar refractivity (Wildman–Crippen MR) is 103 cm³/mol. The first-order valence-corrected chi connectivity index (χ1v) is 8.36. The quantitative estimate of drug-likeness (QED) is 0.561. The topological polar surface area (TPSA) is 70.3 Å². The lowest BCUT2D eigenvalue weighted by Gasteiger charge is -2.03. The van der Waals surface area contributed by atoms with Gasteiger partial charge in [0.2, 0.25) is 0 Å². The molecule has 2 aromatic carbocycles. The molecule has 1 N–H and O–H groups in total. The second-order valence-corrected chi connectivity index (χ2v) is 6.10. The number of fused-ring (bicyclic) bond motifs is 1. The lowest BCUT2D eigenvalue weighted by Crippen LogP contribution is -1.98. The number of aromatic amines is 1. The molecule has 0 bridgehead atoms. The van der Waals surface area contributed by atoms with Gasteiger partial charge in [0.25, 0.3) is 0 Å². The van der Waals surface area contributed by atoms with Crippen molar-refractivity contribution in [2.75, 3.05) is 0 Å². The van der Waals surface area contributed by atoms with E-state index in [0.717, 1.165) is 33.7 Å². The fraction of sp³-hybridized carbons (Fsp3) is 0.0952. The standard InChI is InChI=1S/C21H17N5/c1-14-18(15(2)26(25-14)17-8-4-3-5-9-17)12-16(13-22)21-23-19-10-6-7-11-20(19)24-21/h3-12H,1-2H3,(H,23,24). The van der Waals surface area contributed by atoms with Gasteiger partial charge in [0.05, 0.1) is 28.0 Å². The SMILES string of the molecule is Cc1nn(-c2ccccc2)c(C)c1C=C(C#N)c1nc2ccccc2[nH]1. The fourth-order valence-electron chi connectivity index (χ4n) is 3.06. The number of H-pyrrole nitrogens is 1. The number of imidazole rings is 1. The zero-order valence-corrected chi connectivity index (χ0v) is 14.6. The van der Waals surface area contributed by atoms with Gasteiger partial charge in [-0.1, -0.05) is 30.3 Å². The monoisotopic (exact) mass is 339 g/mol. The van der Waals surface area contributed by atoms with Crippen molar-refractivity contribution in [2.24, 2.45) is 0 Å². The summed E-state index contributed by atoms with van der Waals surface area (Å²) in [6.45, 7) is 3.96. The van der Waals surface area contributed by atoms with Crippen LogP contribution < -0.4 is 0 Å². The van der Waals surface area contributed by atoms with Crippen LogP contribution in [0.1, 0.15) is 22.8 Å². The Hall–Kier alpha value is -3.65. The van der Waals surface area contributed by atoms with Crippen LogP contribution in [0, 0.1) is 25.2 Å². The Balaban J connectivity index is 1.82. The first-order chi connectivity index (χ1) is 12.7. The number of hydrogen-bond acceptors (Lipinski definition) is 3. The summed E-state index contributed by atoms with van der Waals surface area (Å²) in [5.74, 6) is 0.569. The largest absolute Gasteiger partial charge is 0.337 e. The lowest BCUT2D eigenvalue weighted by molar-refractivity contribution is 0.833. The summed E-state index contributed by atoms with van der Waals surface area (Å²) in [5.41, 5.74) is 6.03. The highest BCUT2D eigenvalue weighted by Crippen LogP contribution is 2.24. The lowest BCUT2D eigenvalue weighted by atomic mass is 10.1. The van der Waals surface area contributed by atoms with Crippen molar-refractivity contribution in [1.29, 1.82) is 5.26 Å². The molecule has 0 amide bonds. The van der Waals surface area contributed by atoms with E-state index in [-0.39, 0.29) is 0 Å². The van der Waals surface area contributed by atoms with Gasteiger partial charge in [-0.05, 0) is 44.2 Å². The van der Waals surface area contributed by atoms with Gasteiger partial charge < -0.3 is 4.98 Å². The van der Waals surface area contributed by atoms with Gasteiger partial charge >= 0.3 is 0 Å². The van der Waals surface area contributed by atoms with Gasteiger partial charge in [-0.15, -0.1) is 0 Å². The van der Waals surface area contributed by atoms with Crippen molar-refractivity contribution in [3.8, 4) is 11.8 Å². The van der Waals surface area contributed by atoms with E-state index in [2.05, 4.69) is 21.1 Å². The third-order valence-corrected chi connectivity index (χ3v) is 4.40. The van der Waals surface area contributed by atoms with Gasteiger partial charge in [0, 0.05) is 11.3 Å². The second-order valence-electron chi connectivity index (χ2n) is 6.10. The fourth-order valence-corrected chi connectivity index (χ4v) is 3.06. The zero-order chi connectivity index (χ0) is 18.1. The molecule has 0 aliphatic heterocycles. The molecule has 2 heterocycles. The minimum Gasteiger partial charge on any atom is -0.337 e. The molecule has 126 valence electrons. The molecule has 0 unspecified atom stereocenters. The number of nitrogens with zero attached hydrogens (tertiary/aromatic N) is 4. The number of benzene rings is 2. The number of hydrogen-bond donors (Lipinski definition) is 1. The molecule has 4 aromatic rings. The van der Waals surface area contributed by atoms with E-state index in [4.69, 9.17) is 0 Å². The Labute approximate surface area is 151 Å². The van der Waals surface area contributed by atoms with Gasteiger partial charge in [0.15, 0.2) is 0 Å². The van der Waals surface area contributed by atoms with Crippen molar-refractivity contribution < 1.29 is 0 Å². The molecule has 0 radical (unpaired) electrons. The van der Waals surface area contributed by atoms with E-state index in [1.165, 1.54) is 0 Å². The highest BCUT2D eigenvalue weighted by Gasteiger charge is 2.14. The molecular formula is C21H17N5. The molecule has 2 aromatic heterocycles. The maximum atomic E-state index is 9.67. The van der Waals surface area contributed by atoms with Crippen LogP contribution in [0.2, 0.25) is 0 Å². The van der Waals surface area contributed by atoms with Crippen molar-refractivity contribution in [1.82, 2.24) is 19.7 Å². The molecule has 5 nitrogen and oxygen atoms in total. The molecule has 0 aliphatic carbocycles. The Morgan fingerprint density at radius 1 is 1.08 bits per heavy atom. The van der Waals surface area contributed by atoms with Crippen LogP contribution in [-0.2, 0) is 0 Å². The Bertz CT molecular complexity index is 1120. The number of para-hydroxylation sites is 3.